The molecule has 0 saturated carbocycles. The first-order valence-electron chi connectivity index (χ1n) is 10.5. The molecular weight excluding hydrogens is 360 g/mol. The minimum absolute atomic E-state index is 0.168. The number of rotatable bonds is 7. The Morgan fingerprint density at radius 1 is 1.17 bits per heavy atom. The highest BCUT2D eigenvalue weighted by Gasteiger charge is 2.37. The van der Waals surface area contributed by atoms with E-state index in [0.717, 1.165) is 43.9 Å². The number of hydrogen-bond donors (Lipinski definition) is 1. The number of aromatic nitrogens is 3. The van der Waals surface area contributed by atoms with E-state index in [-0.39, 0.29) is 5.41 Å². The van der Waals surface area contributed by atoms with E-state index in [1.54, 1.807) is 0 Å². The Labute approximate surface area is 173 Å². The lowest BCUT2D eigenvalue weighted by Gasteiger charge is -2.45. The summed E-state index contributed by atoms with van der Waals surface area (Å²) in [6.45, 7) is 9.44. The number of likely N-dealkylation sites (tertiary alicyclic amines) is 1. The Morgan fingerprint density at radius 3 is 2.79 bits per heavy atom. The first kappa shape index (κ1) is 19.8. The van der Waals surface area contributed by atoms with Crippen LogP contribution in [0.5, 0.6) is 0 Å². The molecule has 3 aromatic rings. The van der Waals surface area contributed by atoms with Crippen LogP contribution >= 0.6 is 0 Å². The molecule has 1 aliphatic heterocycles. The summed E-state index contributed by atoms with van der Waals surface area (Å²) in [6.07, 6.45) is 3.00. The average molecular weight is 391 g/mol. The molecule has 1 aliphatic rings. The number of piperidine rings is 1. The van der Waals surface area contributed by atoms with E-state index in [0.29, 0.717) is 12.5 Å². The van der Waals surface area contributed by atoms with Gasteiger partial charge in [-0.2, -0.15) is 0 Å². The highest BCUT2D eigenvalue weighted by atomic mass is 16.5. The summed E-state index contributed by atoms with van der Waals surface area (Å²) in [5.41, 5.74) is 4.82. The van der Waals surface area contributed by atoms with Crippen LogP contribution in [0.2, 0.25) is 0 Å². The molecule has 2 heterocycles. The van der Waals surface area contributed by atoms with Gasteiger partial charge in [-0.1, -0.05) is 67.6 Å². The molecule has 0 spiro atoms. The normalized spacial score (nSPS) is 22.6. The van der Waals surface area contributed by atoms with E-state index in [2.05, 4.69) is 82.7 Å². The van der Waals surface area contributed by atoms with Crippen LogP contribution in [0.25, 0.3) is 11.3 Å². The molecule has 1 aromatic heterocycles. The molecular formula is C24H30N4O. The van der Waals surface area contributed by atoms with Gasteiger partial charge in [0.25, 0.3) is 0 Å². The van der Waals surface area contributed by atoms with Crippen LogP contribution in [0, 0.1) is 5.92 Å². The molecule has 29 heavy (non-hydrogen) atoms. The van der Waals surface area contributed by atoms with Gasteiger partial charge in [-0.05, 0) is 41.5 Å². The summed E-state index contributed by atoms with van der Waals surface area (Å²) in [4.78, 5) is 2.54. The SMILES string of the molecule is CC1CN(CCOCc2ccccc2)CCC1(C)c1cccc(-c2c[nH]nn2)c1. The number of benzene rings is 2. The first-order chi connectivity index (χ1) is 14.1. The second kappa shape index (κ2) is 8.89. The highest BCUT2D eigenvalue weighted by Crippen LogP contribution is 2.40. The zero-order chi connectivity index (χ0) is 20.1. The van der Waals surface area contributed by atoms with Crippen LogP contribution in [-0.2, 0) is 16.8 Å². The van der Waals surface area contributed by atoms with E-state index >= 15 is 0 Å². The topological polar surface area (TPSA) is 54.0 Å². The summed E-state index contributed by atoms with van der Waals surface area (Å²) >= 11 is 0. The van der Waals surface area contributed by atoms with Crippen molar-refractivity contribution in [2.45, 2.75) is 32.3 Å². The Hall–Kier alpha value is -2.50. The molecule has 0 aliphatic carbocycles. The zero-order valence-corrected chi connectivity index (χ0v) is 17.3. The third-order valence-electron chi connectivity index (χ3n) is 6.47. The van der Waals surface area contributed by atoms with Gasteiger partial charge in [0.05, 0.1) is 13.2 Å². The number of aromatic amines is 1. The molecule has 1 saturated heterocycles. The zero-order valence-electron chi connectivity index (χ0n) is 17.3. The molecule has 5 heteroatoms. The number of hydrogen-bond acceptors (Lipinski definition) is 4. The van der Waals surface area contributed by atoms with Crippen molar-refractivity contribution in [2.75, 3.05) is 26.2 Å². The largest absolute Gasteiger partial charge is 0.375 e. The summed E-state index contributed by atoms with van der Waals surface area (Å²) < 4.78 is 5.89. The Morgan fingerprint density at radius 2 is 2.03 bits per heavy atom. The molecule has 5 nitrogen and oxygen atoms in total. The third-order valence-corrected chi connectivity index (χ3v) is 6.47. The van der Waals surface area contributed by atoms with Gasteiger partial charge in [-0.15, -0.1) is 5.10 Å². The second-order valence-corrected chi connectivity index (χ2v) is 8.35. The lowest BCUT2D eigenvalue weighted by molar-refractivity contribution is 0.0574. The van der Waals surface area contributed by atoms with Gasteiger partial charge in [-0.25, -0.2) is 0 Å². The lowest BCUT2D eigenvalue weighted by Crippen LogP contribution is -2.48. The van der Waals surface area contributed by atoms with E-state index in [4.69, 9.17) is 4.74 Å². The number of nitrogens with one attached hydrogen (secondary N) is 1. The summed E-state index contributed by atoms with van der Waals surface area (Å²) in [6, 6.07) is 19.2. The van der Waals surface area contributed by atoms with Crippen molar-refractivity contribution in [3.63, 3.8) is 0 Å². The third kappa shape index (κ3) is 4.57. The van der Waals surface area contributed by atoms with Crippen molar-refractivity contribution in [2.24, 2.45) is 5.92 Å². The molecule has 2 aromatic carbocycles. The molecule has 4 rings (SSSR count). The van der Waals surface area contributed by atoms with Crippen molar-refractivity contribution in [1.82, 2.24) is 20.3 Å². The summed E-state index contributed by atoms with van der Waals surface area (Å²) in [7, 11) is 0. The van der Waals surface area contributed by atoms with Crippen LogP contribution < -0.4 is 0 Å². The average Bonchev–Trinajstić information content (AvgIpc) is 3.30. The van der Waals surface area contributed by atoms with E-state index in [1.165, 1.54) is 11.1 Å². The fourth-order valence-electron chi connectivity index (χ4n) is 4.28. The fourth-order valence-corrected chi connectivity index (χ4v) is 4.28. The smallest absolute Gasteiger partial charge is 0.112 e. The predicted octanol–water partition coefficient (Wildman–Crippen LogP) is 4.29. The van der Waals surface area contributed by atoms with Crippen LogP contribution in [0.1, 0.15) is 31.4 Å². The van der Waals surface area contributed by atoms with E-state index < -0.39 is 0 Å². The maximum atomic E-state index is 5.89. The van der Waals surface area contributed by atoms with Crippen molar-refractivity contribution in [1.29, 1.82) is 0 Å². The van der Waals surface area contributed by atoms with Crippen LogP contribution in [0.15, 0.2) is 60.8 Å². The quantitative estimate of drug-likeness (QED) is 0.612. The molecule has 0 bridgehead atoms. The van der Waals surface area contributed by atoms with Crippen molar-refractivity contribution in [3.8, 4) is 11.3 Å². The molecule has 2 atom stereocenters. The Balaban J connectivity index is 1.33. The Bertz CT molecular complexity index is 896. The molecule has 0 amide bonds. The molecule has 152 valence electrons. The minimum Gasteiger partial charge on any atom is -0.375 e. The van der Waals surface area contributed by atoms with E-state index in [1.807, 2.05) is 12.3 Å². The molecule has 1 N–H and O–H groups in total. The number of H-pyrrole nitrogens is 1. The van der Waals surface area contributed by atoms with Crippen LogP contribution in [-0.4, -0.2) is 46.6 Å². The van der Waals surface area contributed by atoms with Gasteiger partial charge in [0.2, 0.25) is 0 Å². The van der Waals surface area contributed by atoms with Crippen LogP contribution in [0.4, 0.5) is 0 Å². The summed E-state index contributed by atoms with van der Waals surface area (Å²) in [5, 5.41) is 10.8. The van der Waals surface area contributed by atoms with Gasteiger partial charge >= 0.3 is 0 Å². The van der Waals surface area contributed by atoms with Gasteiger partial charge < -0.3 is 9.64 Å². The monoisotopic (exact) mass is 390 g/mol. The van der Waals surface area contributed by atoms with Crippen molar-refractivity contribution >= 4 is 0 Å². The maximum Gasteiger partial charge on any atom is 0.112 e. The molecule has 2 unspecified atom stereocenters. The highest BCUT2D eigenvalue weighted by molar-refractivity contribution is 5.59. The number of nitrogens with zero attached hydrogens (tertiary/aromatic N) is 3. The second-order valence-electron chi connectivity index (χ2n) is 8.35. The molecule has 0 radical (unpaired) electrons. The maximum absolute atomic E-state index is 5.89. The minimum atomic E-state index is 0.168. The van der Waals surface area contributed by atoms with Gasteiger partial charge in [-0.3, -0.25) is 5.10 Å². The van der Waals surface area contributed by atoms with E-state index in [9.17, 15) is 0 Å². The number of ether oxygens (including phenoxy) is 1. The van der Waals surface area contributed by atoms with Gasteiger partial charge in [0.15, 0.2) is 0 Å². The lowest BCUT2D eigenvalue weighted by atomic mass is 9.68. The predicted molar refractivity (Wildman–Crippen MR) is 115 cm³/mol. The van der Waals surface area contributed by atoms with Gasteiger partial charge in [0.1, 0.15) is 5.69 Å². The summed E-state index contributed by atoms with van der Waals surface area (Å²) in [5.74, 6) is 0.568. The van der Waals surface area contributed by atoms with Crippen molar-refractivity contribution < 1.29 is 4.74 Å². The Kier molecular flexibility index (Phi) is 6.07. The van der Waals surface area contributed by atoms with Crippen LogP contribution in [0.3, 0.4) is 0 Å². The van der Waals surface area contributed by atoms with Crippen molar-refractivity contribution in [3.05, 3.63) is 71.9 Å². The first-order valence-corrected chi connectivity index (χ1v) is 10.5. The van der Waals surface area contributed by atoms with Gasteiger partial charge in [0, 0.05) is 24.8 Å². The standard InChI is InChI=1S/C24H30N4O/c1-19-17-28(13-14-29-18-20-7-4-3-5-8-20)12-11-24(19,2)22-10-6-9-21(15-22)23-16-25-27-26-23/h3-10,15-16,19H,11-14,17-18H2,1-2H3,(H,25,26,27). The fraction of sp³-hybridized carbons (Fsp3) is 0.417. The molecule has 1 fully saturated rings.